The summed E-state index contributed by atoms with van der Waals surface area (Å²) in [5, 5.41) is 0. The van der Waals surface area contributed by atoms with E-state index in [1.165, 1.54) is 0 Å². The maximum atomic E-state index is 11.1. The number of anilines is 1. The van der Waals surface area contributed by atoms with E-state index in [2.05, 4.69) is 25.8 Å². The van der Waals surface area contributed by atoms with Crippen molar-refractivity contribution in [2.45, 2.75) is 13.3 Å². The molecule has 0 spiro atoms. The van der Waals surface area contributed by atoms with Gasteiger partial charge in [-0.25, -0.2) is 4.98 Å². The van der Waals surface area contributed by atoms with Crippen molar-refractivity contribution in [3.05, 3.63) is 22.3 Å². The van der Waals surface area contributed by atoms with Crippen LogP contribution in [0.25, 0.3) is 0 Å². The number of carbonyl (C=O) groups excluding carboxylic acids is 1. The standard InChI is InChI=1S/C11H14BrN3O/c1-7-4-9(12)11(14-5-7)15-3-2-8(6-15)10(13)16/h4-5,8H,2-3,6H2,1H3,(H2,13,16). The van der Waals surface area contributed by atoms with Gasteiger partial charge in [-0.3, -0.25) is 4.79 Å². The Morgan fingerprint density at radius 1 is 1.69 bits per heavy atom. The second kappa shape index (κ2) is 4.41. The highest BCUT2D eigenvalue weighted by molar-refractivity contribution is 9.10. The van der Waals surface area contributed by atoms with Crippen LogP contribution >= 0.6 is 15.9 Å². The predicted octanol–water partition coefficient (Wildman–Crippen LogP) is 1.46. The molecule has 2 heterocycles. The van der Waals surface area contributed by atoms with Crippen molar-refractivity contribution >= 4 is 27.7 Å². The maximum absolute atomic E-state index is 11.1. The highest BCUT2D eigenvalue weighted by Gasteiger charge is 2.28. The molecular formula is C11H14BrN3O. The summed E-state index contributed by atoms with van der Waals surface area (Å²) in [5.41, 5.74) is 6.41. The summed E-state index contributed by atoms with van der Waals surface area (Å²) in [6.07, 6.45) is 2.65. The minimum Gasteiger partial charge on any atom is -0.369 e. The van der Waals surface area contributed by atoms with E-state index >= 15 is 0 Å². The minimum atomic E-state index is -0.217. The number of halogens is 1. The van der Waals surface area contributed by atoms with Gasteiger partial charge in [-0.15, -0.1) is 0 Å². The number of nitrogens with zero attached hydrogens (tertiary/aromatic N) is 2. The van der Waals surface area contributed by atoms with Gasteiger partial charge in [0.15, 0.2) is 0 Å². The molecule has 1 aliphatic heterocycles. The second-order valence-corrected chi connectivity index (χ2v) is 5.01. The van der Waals surface area contributed by atoms with Crippen molar-refractivity contribution in [3.63, 3.8) is 0 Å². The van der Waals surface area contributed by atoms with Gasteiger partial charge in [-0.05, 0) is 40.9 Å². The van der Waals surface area contributed by atoms with Crippen LogP contribution in [0.2, 0.25) is 0 Å². The molecule has 86 valence electrons. The Bertz CT molecular complexity index is 422. The fourth-order valence-corrected chi connectivity index (χ4v) is 2.66. The van der Waals surface area contributed by atoms with E-state index in [9.17, 15) is 4.79 Å². The molecule has 1 aromatic rings. The Balaban J connectivity index is 2.17. The molecule has 1 fully saturated rings. The van der Waals surface area contributed by atoms with Crippen molar-refractivity contribution in [2.75, 3.05) is 18.0 Å². The lowest BCUT2D eigenvalue weighted by atomic mass is 10.1. The van der Waals surface area contributed by atoms with Crippen molar-refractivity contribution < 1.29 is 4.79 Å². The first-order chi connectivity index (χ1) is 7.58. The smallest absolute Gasteiger partial charge is 0.222 e. The van der Waals surface area contributed by atoms with Gasteiger partial charge in [0.05, 0.1) is 10.4 Å². The van der Waals surface area contributed by atoms with Gasteiger partial charge in [-0.2, -0.15) is 0 Å². The average Bonchev–Trinajstić information content (AvgIpc) is 2.66. The zero-order valence-electron chi connectivity index (χ0n) is 9.11. The molecule has 5 heteroatoms. The monoisotopic (exact) mass is 283 g/mol. The summed E-state index contributed by atoms with van der Waals surface area (Å²) >= 11 is 3.49. The van der Waals surface area contributed by atoms with E-state index in [1.807, 2.05) is 19.2 Å². The first-order valence-corrected chi connectivity index (χ1v) is 6.03. The third-order valence-electron chi connectivity index (χ3n) is 2.85. The molecule has 1 saturated heterocycles. The molecule has 1 amide bonds. The average molecular weight is 284 g/mol. The van der Waals surface area contributed by atoms with Crippen molar-refractivity contribution in [1.82, 2.24) is 4.98 Å². The SMILES string of the molecule is Cc1cnc(N2CCC(C(N)=O)C2)c(Br)c1. The van der Waals surface area contributed by atoms with E-state index in [0.29, 0.717) is 6.54 Å². The fraction of sp³-hybridized carbons (Fsp3) is 0.455. The fourth-order valence-electron chi connectivity index (χ4n) is 1.94. The Labute approximate surface area is 103 Å². The Morgan fingerprint density at radius 3 is 3.00 bits per heavy atom. The molecule has 1 unspecified atom stereocenters. The van der Waals surface area contributed by atoms with Gasteiger partial charge in [-0.1, -0.05) is 0 Å². The molecule has 0 aliphatic carbocycles. The number of hydrogen-bond donors (Lipinski definition) is 1. The largest absolute Gasteiger partial charge is 0.369 e. The minimum absolute atomic E-state index is 0.0463. The van der Waals surface area contributed by atoms with E-state index in [0.717, 1.165) is 28.8 Å². The predicted molar refractivity (Wildman–Crippen MR) is 66.2 cm³/mol. The maximum Gasteiger partial charge on any atom is 0.222 e. The number of aryl methyl sites for hydroxylation is 1. The number of aromatic nitrogens is 1. The number of carbonyl (C=O) groups is 1. The molecule has 2 rings (SSSR count). The third-order valence-corrected chi connectivity index (χ3v) is 3.43. The lowest BCUT2D eigenvalue weighted by molar-refractivity contribution is -0.121. The van der Waals surface area contributed by atoms with Crippen molar-refractivity contribution in [2.24, 2.45) is 11.7 Å². The molecule has 2 N–H and O–H groups in total. The molecule has 1 aliphatic rings. The summed E-state index contributed by atoms with van der Waals surface area (Å²) in [6, 6.07) is 2.03. The Kier molecular flexibility index (Phi) is 3.14. The number of pyridine rings is 1. The zero-order chi connectivity index (χ0) is 11.7. The van der Waals surface area contributed by atoms with Gasteiger partial charge >= 0.3 is 0 Å². The summed E-state index contributed by atoms with van der Waals surface area (Å²) in [7, 11) is 0. The highest BCUT2D eigenvalue weighted by atomic mass is 79.9. The molecule has 1 atom stereocenters. The van der Waals surface area contributed by atoms with E-state index in [-0.39, 0.29) is 11.8 Å². The number of amides is 1. The van der Waals surface area contributed by atoms with Crippen LogP contribution in [0.4, 0.5) is 5.82 Å². The molecule has 16 heavy (non-hydrogen) atoms. The van der Waals surface area contributed by atoms with Gasteiger partial charge in [0.2, 0.25) is 5.91 Å². The number of nitrogens with two attached hydrogens (primary N) is 1. The Hall–Kier alpha value is -1.10. The molecular weight excluding hydrogens is 270 g/mol. The molecule has 1 aromatic heterocycles. The van der Waals surface area contributed by atoms with Crippen molar-refractivity contribution in [3.8, 4) is 0 Å². The van der Waals surface area contributed by atoms with E-state index in [1.54, 1.807) is 0 Å². The molecule has 0 saturated carbocycles. The Morgan fingerprint density at radius 2 is 2.44 bits per heavy atom. The van der Waals surface area contributed by atoms with Crippen LogP contribution < -0.4 is 10.6 Å². The molecule has 0 bridgehead atoms. The van der Waals surface area contributed by atoms with Crippen LogP contribution in [0.3, 0.4) is 0 Å². The van der Waals surface area contributed by atoms with E-state index in [4.69, 9.17) is 5.73 Å². The topological polar surface area (TPSA) is 59.2 Å². The van der Waals surface area contributed by atoms with Crippen LogP contribution in [0.1, 0.15) is 12.0 Å². The first-order valence-electron chi connectivity index (χ1n) is 5.24. The molecule has 0 radical (unpaired) electrons. The normalized spacial score (nSPS) is 20.1. The second-order valence-electron chi connectivity index (χ2n) is 4.15. The van der Waals surface area contributed by atoms with Crippen LogP contribution in [0, 0.1) is 12.8 Å². The van der Waals surface area contributed by atoms with Crippen LogP contribution in [-0.2, 0) is 4.79 Å². The summed E-state index contributed by atoms with van der Waals surface area (Å²) in [4.78, 5) is 17.6. The summed E-state index contributed by atoms with van der Waals surface area (Å²) in [6.45, 7) is 3.50. The highest BCUT2D eigenvalue weighted by Crippen LogP contribution is 2.29. The van der Waals surface area contributed by atoms with Gasteiger partial charge in [0, 0.05) is 19.3 Å². The number of hydrogen-bond acceptors (Lipinski definition) is 3. The molecule has 4 nitrogen and oxygen atoms in total. The lowest BCUT2D eigenvalue weighted by Crippen LogP contribution is -2.27. The first kappa shape index (κ1) is 11.4. The van der Waals surface area contributed by atoms with Crippen molar-refractivity contribution in [1.29, 1.82) is 0 Å². The van der Waals surface area contributed by atoms with Gasteiger partial charge < -0.3 is 10.6 Å². The number of rotatable bonds is 2. The third kappa shape index (κ3) is 2.19. The van der Waals surface area contributed by atoms with Crippen LogP contribution in [-0.4, -0.2) is 24.0 Å². The van der Waals surface area contributed by atoms with Gasteiger partial charge in [0.25, 0.3) is 0 Å². The summed E-state index contributed by atoms with van der Waals surface area (Å²) in [5.74, 6) is 0.634. The zero-order valence-corrected chi connectivity index (χ0v) is 10.7. The number of primary amides is 1. The quantitative estimate of drug-likeness (QED) is 0.894. The summed E-state index contributed by atoms with van der Waals surface area (Å²) < 4.78 is 0.970. The lowest BCUT2D eigenvalue weighted by Gasteiger charge is -2.18. The van der Waals surface area contributed by atoms with Crippen LogP contribution in [0.5, 0.6) is 0 Å². The van der Waals surface area contributed by atoms with E-state index < -0.39 is 0 Å². The molecule has 0 aromatic carbocycles. The van der Waals surface area contributed by atoms with Gasteiger partial charge in [0.1, 0.15) is 5.82 Å². The van der Waals surface area contributed by atoms with Crippen LogP contribution in [0.15, 0.2) is 16.7 Å².